The van der Waals surface area contributed by atoms with Crippen molar-refractivity contribution in [3.63, 3.8) is 0 Å². The first kappa shape index (κ1) is 16.1. The molecule has 112 valence electrons. The Balaban J connectivity index is 2.17. The number of hydrogen-bond donors (Lipinski definition) is 2. The number of hydrazine groups is 1. The van der Waals surface area contributed by atoms with Gasteiger partial charge in [0, 0.05) is 6.04 Å². The zero-order chi connectivity index (χ0) is 15.4. The van der Waals surface area contributed by atoms with Gasteiger partial charge in [-0.2, -0.15) is 0 Å². The van der Waals surface area contributed by atoms with E-state index in [9.17, 15) is 4.39 Å². The third kappa shape index (κ3) is 4.13. The maximum atomic E-state index is 13.3. The Hall–Kier alpha value is -1.23. The van der Waals surface area contributed by atoms with E-state index in [1.165, 1.54) is 11.6 Å². The molecule has 0 radical (unpaired) electrons. The van der Waals surface area contributed by atoms with Gasteiger partial charge in [-0.1, -0.05) is 44.2 Å². The molecule has 0 aromatic heterocycles. The largest absolute Gasteiger partial charge is 0.271 e. The van der Waals surface area contributed by atoms with Crippen LogP contribution in [-0.4, -0.2) is 0 Å². The van der Waals surface area contributed by atoms with Crippen LogP contribution >= 0.6 is 15.9 Å². The molecular formula is C17H20BrFN2. The number of benzene rings is 2. The first-order chi connectivity index (χ1) is 10.0. The van der Waals surface area contributed by atoms with E-state index in [-0.39, 0.29) is 11.9 Å². The fourth-order valence-corrected chi connectivity index (χ4v) is 2.71. The van der Waals surface area contributed by atoms with Gasteiger partial charge in [0.2, 0.25) is 0 Å². The molecule has 0 amide bonds. The van der Waals surface area contributed by atoms with Gasteiger partial charge in [0.15, 0.2) is 0 Å². The molecule has 2 nitrogen and oxygen atoms in total. The zero-order valence-corrected chi connectivity index (χ0v) is 13.8. The topological polar surface area (TPSA) is 38.0 Å². The molecule has 1 atom stereocenters. The molecular weight excluding hydrogens is 331 g/mol. The highest BCUT2D eigenvalue weighted by Gasteiger charge is 2.12. The predicted octanol–water partition coefficient (Wildman–Crippen LogP) is 4.46. The molecule has 0 aliphatic carbocycles. The smallest absolute Gasteiger partial charge is 0.137 e. The van der Waals surface area contributed by atoms with Crippen LogP contribution in [0.25, 0.3) is 0 Å². The van der Waals surface area contributed by atoms with E-state index in [0.29, 0.717) is 16.8 Å². The van der Waals surface area contributed by atoms with Crippen molar-refractivity contribution in [2.45, 2.75) is 32.2 Å². The third-order valence-corrected chi connectivity index (χ3v) is 4.24. The Morgan fingerprint density at radius 1 is 1.10 bits per heavy atom. The Morgan fingerprint density at radius 2 is 1.71 bits per heavy atom. The monoisotopic (exact) mass is 350 g/mol. The molecule has 0 spiro atoms. The van der Waals surface area contributed by atoms with Crippen LogP contribution in [0.3, 0.4) is 0 Å². The summed E-state index contributed by atoms with van der Waals surface area (Å²) in [5.74, 6) is 5.94. The highest BCUT2D eigenvalue weighted by atomic mass is 79.9. The van der Waals surface area contributed by atoms with Gasteiger partial charge in [0.25, 0.3) is 0 Å². The van der Waals surface area contributed by atoms with Gasteiger partial charge in [0.05, 0.1) is 4.47 Å². The maximum absolute atomic E-state index is 13.3. The van der Waals surface area contributed by atoms with Crippen molar-refractivity contribution in [3.05, 3.63) is 69.4 Å². The summed E-state index contributed by atoms with van der Waals surface area (Å²) in [7, 11) is 0. The van der Waals surface area contributed by atoms with Gasteiger partial charge in [0.1, 0.15) is 5.82 Å². The van der Waals surface area contributed by atoms with E-state index in [2.05, 4.69) is 59.5 Å². The molecule has 0 aliphatic heterocycles. The van der Waals surface area contributed by atoms with Gasteiger partial charge in [-0.3, -0.25) is 11.3 Å². The molecule has 2 aromatic rings. The predicted molar refractivity (Wildman–Crippen MR) is 88.4 cm³/mol. The van der Waals surface area contributed by atoms with Gasteiger partial charge >= 0.3 is 0 Å². The van der Waals surface area contributed by atoms with Crippen LogP contribution in [0, 0.1) is 5.82 Å². The minimum atomic E-state index is -0.253. The number of hydrogen-bond acceptors (Lipinski definition) is 2. The van der Waals surface area contributed by atoms with Gasteiger partial charge in [-0.05, 0) is 57.1 Å². The van der Waals surface area contributed by atoms with E-state index in [1.807, 2.05) is 0 Å². The molecule has 0 saturated carbocycles. The van der Waals surface area contributed by atoms with Crippen LogP contribution in [-0.2, 0) is 6.42 Å². The normalized spacial score (nSPS) is 12.7. The van der Waals surface area contributed by atoms with Gasteiger partial charge in [-0.25, -0.2) is 4.39 Å². The van der Waals surface area contributed by atoms with Crippen molar-refractivity contribution in [3.8, 4) is 0 Å². The Bertz CT molecular complexity index is 596. The second-order valence-electron chi connectivity index (χ2n) is 5.49. The lowest BCUT2D eigenvalue weighted by Crippen LogP contribution is -2.29. The first-order valence-corrected chi connectivity index (χ1v) is 7.80. The second kappa shape index (κ2) is 7.16. The molecule has 0 heterocycles. The molecule has 1 unspecified atom stereocenters. The van der Waals surface area contributed by atoms with Gasteiger partial charge in [-0.15, -0.1) is 0 Å². The minimum Gasteiger partial charge on any atom is -0.271 e. The number of nitrogens with two attached hydrogens (primary N) is 1. The number of halogens is 2. The van der Waals surface area contributed by atoms with E-state index in [1.54, 1.807) is 12.1 Å². The van der Waals surface area contributed by atoms with Crippen LogP contribution in [0.1, 0.15) is 42.5 Å². The van der Waals surface area contributed by atoms with Crippen LogP contribution < -0.4 is 11.3 Å². The minimum absolute atomic E-state index is 0.00331. The van der Waals surface area contributed by atoms with Crippen molar-refractivity contribution in [2.75, 3.05) is 0 Å². The molecule has 0 bridgehead atoms. The zero-order valence-electron chi connectivity index (χ0n) is 12.2. The molecule has 4 heteroatoms. The van der Waals surface area contributed by atoms with E-state index >= 15 is 0 Å². The number of nitrogens with one attached hydrogen (secondary N) is 1. The lowest BCUT2D eigenvalue weighted by molar-refractivity contribution is 0.550. The van der Waals surface area contributed by atoms with Crippen molar-refractivity contribution in [1.29, 1.82) is 0 Å². The summed E-state index contributed by atoms with van der Waals surface area (Å²) >= 11 is 3.21. The third-order valence-electron chi connectivity index (χ3n) is 3.63. The molecule has 3 N–H and O–H groups in total. The summed E-state index contributed by atoms with van der Waals surface area (Å²) in [6, 6.07) is 13.5. The average Bonchev–Trinajstić information content (AvgIpc) is 2.48. The summed E-state index contributed by atoms with van der Waals surface area (Å²) < 4.78 is 13.8. The summed E-state index contributed by atoms with van der Waals surface area (Å²) in [4.78, 5) is 0. The second-order valence-corrected chi connectivity index (χ2v) is 6.35. The molecule has 2 aromatic carbocycles. The van der Waals surface area contributed by atoms with Gasteiger partial charge < -0.3 is 0 Å². The van der Waals surface area contributed by atoms with Crippen molar-refractivity contribution in [1.82, 2.24) is 5.43 Å². The molecule has 2 rings (SSSR count). The number of rotatable bonds is 5. The summed E-state index contributed by atoms with van der Waals surface area (Å²) in [5, 5.41) is 0. The highest BCUT2D eigenvalue weighted by Crippen LogP contribution is 2.23. The first-order valence-electron chi connectivity index (χ1n) is 7.01. The standard InChI is InChI=1S/C17H20BrFN2/c1-11(2)13-4-6-14(7-5-13)17(21-20)10-12-3-8-16(19)15(18)9-12/h3-9,11,17,21H,10,20H2,1-2H3. The van der Waals surface area contributed by atoms with Crippen molar-refractivity contribution in [2.24, 2.45) is 5.84 Å². The fourth-order valence-electron chi connectivity index (χ4n) is 2.29. The van der Waals surface area contributed by atoms with Crippen LogP contribution in [0.15, 0.2) is 46.9 Å². The summed E-state index contributed by atoms with van der Waals surface area (Å²) in [5.41, 5.74) is 6.30. The van der Waals surface area contributed by atoms with Crippen molar-refractivity contribution < 1.29 is 4.39 Å². The summed E-state index contributed by atoms with van der Waals surface area (Å²) in [6.07, 6.45) is 0.705. The fraction of sp³-hybridized carbons (Fsp3) is 0.294. The van der Waals surface area contributed by atoms with E-state index in [0.717, 1.165) is 11.1 Å². The molecule has 0 aliphatic rings. The van der Waals surface area contributed by atoms with E-state index < -0.39 is 0 Å². The molecule has 0 saturated heterocycles. The Kier molecular flexibility index (Phi) is 5.51. The van der Waals surface area contributed by atoms with E-state index in [4.69, 9.17) is 5.84 Å². The molecule has 21 heavy (non-hydrogen) atoms. The van der Waals surface area contributed by atoms with Crippen molar-refractivity contribution >= 4 is 15.9 Å². The maximum Gasteiger partial charge on any atom is 0.137 e. The lowest BCUT2D eigenvalue weighted by Gasteiger charge is -2.17. The Morgan fingerprint density at radius 3 is 2.24 bits per heavy atom. The lowest BCUT2D eigenvalue weighted by atomic mass is 9.96. The highest BCUT2D eigenvalue weighted by molar-refractivity contribution is 9.10. The Labute approximate surface area is 133 Å². The SMILES string of the molecule is CC(C)c1ccc(C(Cc2ccc(F)c(Br)c2)NN)cc1. The van der Waals surface area contributed by atoms with Crippen LogP contribution in [0.5, 0.6) is 0 Å². The van der Waals surface area contributed by atoms with Crippen LogP contribution in [0.2, 0.25) is 0 Å². The molecule has 0 fully saturated rings. The summed E-state index contributed by atoms with van der Waals surface area (Å²) in [6.45, 7) is 4.34. The quantitative estimate of drug-likeness (QED) is 0.617. The van der Waals surface area contributed by atoms with Crippen LogP contribution in [0.4, 0.5) is 4.39 Å². The average molecular weight is 351 g/mol.